The van der Waals surface area contributed by atoms with E-state index < -0.39 is 5.97 Å². The number of hydrogen-bond acceptors (Lipinski definition) is 3. The molecule has 0 heterocycles. The summed E-state index contributed by atoms with van der Waals surface area (Å²) < 4.78 is 5.06. The molecule has 0 aliphatic heterocycles. The molecule has 98 valence electrons. The molecule has 1 aliphatic rings. The molecule has 0 aromatic heterocycles. The molecule has 2 amide bonds. The Kier molecular flexibility index (Phi) is 5.21. The van der Waals surface area contributed by atoms with Gasteiger partial charge in [0.2, 0.25) is 0 Å². The van der Waals surface area contributed by atoms with Crippen molar-refractivity contribution in [1.82, 2.24) is 10.2 Å². The average molecular weight is 244 g/mol. The van der Waals surface area contributed by atoms with Crippen molar-refractivity contribution in [2.24, 2.45) is 5.92 Å². The van der Waals surface area contributed by atoms with E-state index in [9.17, 15) is 9.59 Å². The molecule has 6 heteroatoms. The summed E-state index contributed by atoms with van der Waals surface area (Å²) in [4.78, 5) is 23.5. The van der Waals surface area contributed by atoms with Crippen molar-refractivity contribution in [3.63, 3.8) is 0 Å². The van der Waals surface area contributed by atoms with Crippen LogP contribution in [0.3, 0.4) is 0 Å². The molecule has 17 heavy (non-hydrogen) atoms. The molecule has 0 bridgehead atoms. The van der Waals surface area contributed by atoms with Crippen LogP contribution in [0, 0.1) is 5.92 Å². The van der Waals surface area contributed by atoms with E-state index >= 15 is 0 Å². The van der Waals surface area contributed by atoms with Crippen molar-refractivity contribution in [3.05, 3.63) is 0 Å². The van der Waals surface area contributed by atoms with Crippen LogP contribution in [0.5, 0.6) is 0 Å². The summed E-state index contributed by atoms with van der Waals surface area (Å²) in [5, 5.41) is 11.4. The average Bonchev–Trinajstić information content (AvgIpc) is 3.08. The van der Waals surface area contributed by atoms with Gasteiger partial charge in [-0.1, -0.05) is 0 Å². The van der Waals surface area contributed by atoms with Crippen molar-refractivity contribution in [2.75, 3.05) is 27.3 Å². The normalized spacial score (nSPS) is 16.4. The first-order valence-electron chi connectivity index (χ1n) is 5.77. The quantitative estimate of drug-likeness (QED) is 0.684. The zero-order chi connectivity index (χ0) is 12.8. The van der Waals surface area contributed by atoms with Crippen LogP contribution in [-0.4, -0.2) is 55.4 Å². The third-order valence-electron chi connectivity index (χ3n) is 2.85. The third-order valence-corrected chi connectivity index (χ3v) is 2.85. The van der Waals surface area contributed by atoms with E-state index in [4.69, 9.17) is 9.84 Å². The van der Waals surface area contributed by atoms with Gasteiger partial charge in [0, 0.05) is 20.7 Å². The minimum atomic E-state index is -0.903. The van der Waals surface area contributed by atoms with Crippen LogP contribution in [0.1, 0.15) is 19.3 Å². The number of amides is 2. The summed E-state index contributed by atoms with van der Waals surface area (Å²) in [5.41, 5.74) is 0. The molecular formula is C11H20N2O4. The summed E-state index contributed by atoms with van der Waals surface area (Å²) in [5.74, 6) is -0.396. The van der Waals surface area contributed by atoms with Gasteiger partial charge in [0.05, 0.1) is 19.1 Å². The summed E-state index contributed by atoms with van der Waals surface area (Å²) in [6, 6.07) is -0.194. The lowest BCUT2D eigenvalue weighted by Gasteiger charge is -2.22. The Morgan fingerprint density at radius 2 is 2.18 bits per heavy atom. The van der Waals surface area contributed by atoms with Crippen LogP contribution in [0.4, 0.5) is 4.79 Å². The predicted molar refractivity (Wildman–Crippen MR) is 61.8 cm³/mol. The van der Waals surface area contributed by atoms with Gasteiger partial charge >= 0.3 is 12.0 Å². The molecule has 1 fully saturated rings. The van der Waals surface area contributed by atoms with E-state index in [1.54, 1.807) is 14.2 Å². The molecule has 0 spiro atoms. The van der Waals surface area contributed by atoms with Gasteiger partial charge in [-0.15, -0.1) is 0 Å². The number of hydrogen-bond donors (Lipinski definition) is 2. The van der Waals surface area contributed by atoms with E-state index in [-0.39, 0.29) is 25.0 Å². The summed E-state index contributed by atoms with van der Waals surface area (Å²) in [6.45, 7) is 0.717. The maximum Gasteiger partial charge on any atom is 0.317 e. The molecule has 6 nitrogen and oxygen atoms in total. The Hall–Kier alpha value is -1.30. The first-order chi connectivity index (χ1) is 8.04. The Morgan fingerprint density at radius 1 is 1.53 bits per heavy atom. The smallest absolute Gasteiger partial charge is 0.317 e. The number of nitrogens with one attached hydrogen (secondary N) is 1. The highest BCUT2D eigenvalue weighted by Crippen LogP contribution is 2.32. The second-order valence-corrected chi connectivity index (χ2v) is 4.41. The number of methoxy groups -OCH3 is 1. The highest BCUT2D eigenvalue weighted by Gasteiger charge is 2.32. The molecular weight excluding hydrogens is 224 g/mol. The van der Waals surface area contributed by atoms with E-state index in [1.807, 2.05) is 0 Å². The van der Waals surface area contributed by atoms with Crippen molar-refractivity contribution in [1.29, 1.82) is 0 Å². The lowest BCUT2D eigenvalue weighted by molar-refractivity contribution is -0.137. The van der Waals surface area contributed by atoms with Gasteiger partial charge < -0.3 is 20.1 Å². The fourth-order valence-electron chi connectivity index (χ4n) is 1.61. The summed E-state index contributed by atoms with van der Waals surface area (Å²) >= 11 is 0. The molecule has 0 saturated heterocycles. The maximum atomic E-state index is 11.7. The highest BCUT2D eigenvalue weighted by molar-refractivity contribution is 5.75. The lowest BCUT2D eigenvalue weighted by atomic mass is 10.2. The Bertz CT molecular complexity index is 279. The molecule has 0 radical (unpaired) electrons. The first kappa shape index (κ1) is 13.8. The van der Waals surface area contributed by atoms with Gasteiger partial charge in [-0.05, 0) is 18.8 Å². The standard InChI is InChI=1S/C11H20N2O4/c1-13(6-5-10(14)15)11(16)12-9(7-17-2)8-3-4-8/h8-9H,3-7H2,1-2H3,(H,12,16)(H,14,15). The number of nitrogens with zero attached hydrogens (tertiary/aromatic N) is 1. The van der Waals surface area contributed by atoms with Crippen LogP contribution < -0.4 is 5.32 Å². The Balaban J connectivity index is 2.32. The molecule has 1 atom stereocenters. The molecule has 1 rings (SSSR count). The fourth-order valence-corrected chi connectivity index (χ4v) is 1.61. The van der Waals surface area contributed by atoms with Crippen LogP contribution in [0.2, 0.25) is 0 Å². The van der Waals surface area contributed by atoms with E-state index in [0.717, 1.165) is 12.8 Å². The van der Waals surface area contributed by atoms with Crippen molar-refractivity contribution < 1.29 is 19.4 Å². The van der Waals surface area contributed by atoms with Gasteiger partial charge in [-0.3, -0.25) is 4.79 Å². The van der Waals surface area contributed by atoms with Gasteiger partial charge in [0.1, 0.15) is 0 Å². The second kappa shape index (κ2) is 6.44. The van der Waals surface area contributed by atoms with Crippen molar-refractivity contribution >= 4 is 12.0 Å². The molecule has 1 unspecified atom stereocenters. The highest BCUT2D eigenvalue weighted by atomic mass is 16.5. The molecule has 1 aliphatic carbocycles. The number of carbonyl (C=O) groups excluding carboxylic acids is 1. The summed E-state index contributed by atoms with van der Waals surface area (Å²) in [7, 11) is 3.20. The number of carbonyl (C=O) groups is 2. The van der Waals surface area contributed by atoms with Crippen LogP contribution in [-0.2, 0) is 9.53 Å². The monoisotopic (exact) mass is 244 g/mol. The van der Waals surface area contributed by atoms with Crippen LogP contribution in [0.15, 0.2) is 0 Å². The first-order valence-corrected chi connectivity index (χ1v) is 5.77. The van der Waals surface area contributed by atoms with E-state index in [1.165, 1.54) is 4.90 Å². The Labute approximate surface area is 101 Å². The number of urea groups is 1. The zero-order valence-corrected chi connectivity index (χ0v) is 10.3. The molecule has 0 aromatic rings. The predicted octanol–water partition coefficient (Wildman–Crippen LogP) is 0.527. The minimum absolute atomic E-state index is 0.0394. The number of carboxylic acids is 1. The lowest BCUT2D eigenvalue weighted by Crippen LogP contribution is -2.46. The van der Waals surface area contributed by atoms with Crippen molar-refractivity contribution in [3.8, 4) is 0 Å². The maximum absolute atomic E-state index is 11.7. The third kappa shape index (κ3) is 5.04. The number of carboxylic acid groups (broad SMARTS) is 1. The number of aliphatic carboxylic acids is 1. The number of rotatable bonds is 7. The minimum Gasteiger partial charge on any atom is -0.481 e. The molecule has 2 N–H and O–H groups in total. The second-order valence-electron chi connectivity index (χ2n) is 4.41. The van der Waals surface area contributed by atoms with Crippen LogP contribution >= 0.6 is 0 Å². The zero-order valence-electron chi connectivity index (χ0n) is 10.3. The topological polar surface area (TPSA) is 78.9 Å². The van der Waals surface area contributed by atoms with Gasteiger partial charge in [-0.2, -0.15) is 0 Å². The van der Waals surface area contributed by atoms with Gasteiger partial charge in [0.15, 0.2) is 0 Å². The van der Waals surface area contributed by atoms with Gasteiger partial charge in [-0.25, -0.2) is 4.79 Å². The largest absolute Gasteiger partial charge is 0.481 e. The van der Waals surface area contributed by atoms with Gasteiger partial charge in [0.25, 0.3) is 0 Å². The molecule has 1 saturated carbocycles. The molecule has 0 aromatic carbocycles. The van der Waals surface area contributed by atoms with Crippen LogP contribution in [0.25, 0.3) is 0 Å². The van der Waals surface area contributed by atoms with E-state index in [2.05, 4.69) is 5.32 Å². The Morgan fingerprint density at radius 3 is 2.65 bits per heavy atom. The van der Waals surface area contributed by atoms with E-state index in [0.29, 0.717) is 12.5 Å². The van der Waals surface area contributed by atoms with Crippen molar-refractivity contribution in [2.45, 2.75) is 25.3 Å². The fraction of sp³-hybridized carbons (Fsp3) is 0.818. The SMILES string of the molecule is COCC(NC(=O)N(C)CCC(=O)O)C1CC1. The summed E-state index contributed by atoms with van der Waals surface area (Å²) in [6.07, 6.45) is 2.20. The number of ether oxygens (including phenoxy) is 1.